The quantitative estimate of drug-likeness (QED) is 0.839. The van der Waals surface area contributed by atoms with E-state index >= 15 is 0 Å². The fourth-order valence-electron chi connectivity index (χ4n) is 1.91. The van der Waals surface area contributed by atoms with Crippen LogP contribution in [0.5, 0.6) is 0 Å². The Morgan fingerprint density at radius 1 is 1.38 bits per heavy atom. The van der Waals surface area contributed by atoms with Crippen molar-refractivity contribution in [2.75, 3.05) is 13.7 Å². The summed E-state index contributed by atoms with van der Waals surface area (Å²) in [5.41, 5.74) is 2.11. The summed E-state index contributed by atoms with van der Waals surface area (Å²) >= 11 is 0. The molecule has 0 spiro atoms. The first-order valence-electron chi connectivity index (χ1n) is 5.53. The third-order valence-electron chi connectivity index (χ3n) is 2.86. The second-order valence-corrected chi connectivity index (χ2v) is 3.96. The van der Waals surface area contributed by atoms with Gasteiger partial charge in [-0.25, -0.2) is 0 Å². The maximum absolute atomic E-state index is 12.3. The van der Waals surface area contributed by atoms with Crippen LogP contribution in [-0.4, -0.2) is 19.8 Å². The van der Waals surface area contributed by atoms with Gasteiger partial charge >= 0.3 is 0 Å². The lowest BCUT2D eigenvalue weighted by Crippen LogP contribution is -2.28. The molecule has 1 heterocycles. The van der Waals surface area contributed by atoms with Crippen LogP contribution in [0.3, 0.4) is 0 Å². The Morgan fingerprint density at radius 2 is 2.25 bits per heavy atom. The average molecular weight is 221 g/mol. The minimum atomic E-state index is -0.278. The highest BCUT2D eigenvalue weighted by Gasteiger charge is 2.07. The summed E-state index contributed by atoms with van der Waals surface area (Å²) in [5, 5.41) is 4.23. The number of furan rings is 1. The van der Waals surface area contributed by atoms with Gasteiger partial charge in [0.1, 0.15) is 5.58 Å². The first-order chi connectivity index (χ1) is 7.83. The van der Waals surface area contributed by atoms with Crippen molar-refractivity contribution >= 4 is 11.0 Å². The number of alkyl halides is 1. The number of hydrogen-bond donors (Lipinski definition) is 1. The molecule has 1 atom stereocenters. The molecule has 0 aliphatic heterocycles. The molecule has 1 unspecified atom stereocenters. The van der Waals surface area contributed by atoms with Crippen LogP contribution >= 0.6 is 0 Å². The summed E-state index contributed by atoms with van der Waals surface area (Å²) < 4.78 is 17.6. The highest BCUT2D eigenvalue weighted by molar-refractivity contribution is 5.77. The van der Waals surface area contributed by atoms with Crippen molar-refractivity contribution in [2.45, 2.75) is 18.9 Å². The van der Waals surface area contributed by atoms with E-state index in [0.717, 1.165) is 17.4 Å². The molecule has 1 N–H and O–H groups in total. The van der Waals surface area contributed by atoms with Crippen LogP contribution in [0.2, 0.25) is 0 Å². The van der Waals surface area contributed by atoms with Crippen molar-refractivity contribution in [3.05, 3.63) is 36.1 Å². The lowest BCUT2D eigenvalue weighted by Gasteiger charge is -2.14. The second kappa shape index (κ2) is 5.12. The van der Waals surface area contributed by atoms with Crippen molar-refractivity contribution in [2.24, 2.45) is 0 Å². The number of fused-ring (bicyclic) bond motifs is 1. The molecule has 0 bridgehead atoms. The van der Waals surface area contributed by atoms with E-state index in [2.05, 4.69) is 11.4 Å². The van der Waals surface area contributed by atoms with E-state index in [9.17, 15) is 4.39 Å². The number of likely N-dealkylation sites (N-methyl/N-ethyl adjacent to an activating group) is 1. The zero-order valence-electron chi connectivity index (χ0n) is 9.37. The lowest BCUT2D eigenvalue weighted by atomic mass is 10.0. The monoisotopic (exact) mass is 221 g/mol. The highest BCUT2D eigenvalue weighted by Crippen LogP contribution is 2.18. The second-order valence-electron chi connectivity index (χ2n) is 3.96. The molecular formula is C13H16FNO. The molecule has 1 aromatic carbocycles. The largest absolute Gasteiger partial charge is 0.464 e. The molecule has 0 saturated heterocycles. The molecule has 0 amide bonds. The fourth-order valence-corrected chi connectivity index (χ4v) is 1.91. The van der Waals surface area contributed by atoms with Gasteiger partial charge in [0.25, 0.3) is 0 Å². The van der Waals surface area contributed by atoms with Crippen LogP contribution < -0.4 is 5.32 Å². The number of halogens is 1. The van der Waals surface area contributed by atoms with Gasteiger partial charge in [-0.2, -0.15) is 0 Å². The van der Waals surface area contributed by atoms with Crippen LogP contribution in [0.15, 0.2) is 34.9 Å². The highest BCUT2D eigenvalue weighted by atomic mass is 19.1. The molecule has 0 fully saturated rings. The molecule has 0 aliphatic rings. The predicted molar refractivity (Wildman–Crippen MR) is 63.4 cm³/mol. The van der Waals surface area contributed by atoms with Gasteiger partial charge in [0, 0.05) is 11.4 Å². The van der Waals surface area contributed by atoms with Gasteiger partial charge in [-0.1, -0.05) is 6.07 Å². The average Bonchev–Trinajstić information content (AvgIpc) is 2.75. The van der Waals surface area contributed by atoms with E-state index in [1.54, 1.807) is 6.26 Å². The van der Waals surface area contributed by atoms with Crippen molar-refractivity contribution in [1.29, 1.82) is 0 Å². The van der Waals surface area contributed by atoms with Crippen LogP contribution in [0, 0.1) is 0 Å². The van der Waals surface area contributed by atoms with Crippen LogP contribution in [-0.2, 0) is 6.42 Å². The molecule has 16 heavy (non-hydrogen) atoms. The van der Waals surface area contributed by atoms with E-state index in [1.807, 2.05) is 25.2 Å². The fraction of sp³-hybridized carbons (Fsp3) is 0.385. The predicted octanol–water partition coefficient (Wildman–Crippen LogP) is 2.92. The Morgan fingerprint density at radius 3 is 3.00 bits per heavy atom. The standard InChI is InChI=1S/C13H16FNO/c1-15-12(4-6-14)9-10-2-3-13-11(8-10)5-7-16-13/h2-3,5,7-8,12,15H,4,6,9H2,1H3. The third-order valence-corrected chi connectivity index (χ3v) is 2.86. The maximum Gasteiger partial charge on any atom is 0.133 e. The summed E-state index contributed by atoms with van der Waals surface area (Å²) in [5.74, 6) is 0. The first kappa shape index (κ1) is 11.1. The minimum Gasteiger partial charge on any atom is -0.464 e. The van der Waals surface area contributed by atoms with Crippen LogP contribution in [0.1, 0.15) is 12.0 Å². The van der Waals surface area contributed by atoms with Crippen molar-refractivity contribution in [3.63, 3.8) is 0 Å². The van der Waals surface area contributed by atoms with E-state index in [4.69, 9.17) is 4.42 Å². The maximum atomic E-state index is 12.3. The number of nitrogens with one attached hydrogen (secondary N) is 1. The lowest BCUT2D eigenvalue weighted by molar-refractivity contribution is 0.407. The Kier molecular flexibility index (Phi) is 3.57. The van der Waals surface area contributed by atoms with Gasteiger partial charge < -0.3 is 9.73 Å². The van der Waals surface area contributed by atoms with E-state index < -0.39 is 0 Å². The van der Waals surface area contributed by atoms with Gasteiger partial charge in [-0.05, 0) is 43.7 Å². The van der Waals surface area contributed by atoms with Crippen molar-refractivity contribution < 1.29 is 8.81 Å². The zero-order chi connectivity index (χ0) is 11.4. The van der Waals surface area contributed by atoms with E-state index in [-0.39, 0.29) is 12.7 Å². The molecule has 0 aliphatic carbocycles. The number of hydrogen-bond acceptors (Lipinski definition) is 2. The van der Waals surface area contributed by atoms with Crippen LogP contribution in [0.25, 0.3) is 11.0 Å². The van der Waals surface area contributed by atoms with Crippen LogP contribution in [0.4, 0.5) is 4.39 Å². The molecule has 0 saturated carbocycles. The normalized spacial score (nSPS) is 13.1. The smallest absolute Gasteiger partial charge is 0.133 e. The molecule has 86 valence electrons. The minimum absolute atomic E-state index is 0.203. The van der Waals surface area contributed by atoms with Crippen molar-refractivity contribution in [1.82, 2.24) is 5.32 Å². The molecule has 0 radical (unpaired) electrons. The molecular weight excluding hydrogens is 205 g/mol. The Labute approximate surface area is 94.4 Å². The Bertz CT molecular complexity index is 452. The summed E-state index contributed by atoms with van der Waals surface area (Å²) in [7, 11) is 1.87. The number of benzene rings is 1. The summed E-state index contributed by atoms with van der Waals surface area (Å²) in [6, 6.07) is 8.25. The van der Waals surface area contributed by atoms with E-state index in [1.165, 1.54) is 5.56 Å². The van der Waals surface area contributed by atoms with Gasteiger partial charge in [0.05, 0.1) is 12.9 Å². The first-order valence-corrected chi connectivity index (χ1v) is 5.53. The molecule has 2 aromatic rings. The Balaban J connectivity index is 2.13. The molecule has 1 aromatic heterocycles. The van der Waals surface area contributed by atoms with Gasteiger partial charge in [0.15, 0.2) is 0 Å². The topological polar surface area (TPSA) is 25.2 Å². The third kappa shape index (κ3) is 2.42. The molecule has 3 heteroatoms. The SMILES string of the molecule is CNC(CCF)Cc1ccc2occc2c1. The molecule has 2 rings (SSSR count). The summed E-state index contributed by atoms with van der Waals surface area (Å²) in [4.78, 5) is 0. The van der Waals surface area contributed by atoms with Gasteiger partial charge in [-0.3, -0.25) is 4.39 Å². The van der Waals surface area contributed by atoms with Gasteiger partial charge in [0.2, 0.25) is 0 Å². The zero-order valence-corrected chi connectivity index (χ0v) is 9.37. The summed E-state index contributed by atoms with van der Waals surface area (Å²) in [6.07, 6.45) is 3.09. The Hall–Kier alpha value is -1.35. The van der Waals surface area contributed by atoms with Gasteiger partial charge in [-0.15, -0.1) is 0 Å². The van der Waals surface area contributed by atoms with E-state index in [0.29, 0.717) is 6.42 Å². The van der Waals surface area contributed by atoms with Crippen molar-refractivity contribution in [3.8, 4) is 0 Å². The number of rotatable bonds is 5. The molecule has 2 nitrogen and oxygen atoms in total. The summed E-state index contributed by atoms with van der Waals surface area (Å²) in [6.45, 7) is -0.278.